The minimum atomic E-state index is -1.19. The van der Waals surface area contributed by atoms with E-state index in [1.807, 2.05) is 6.92 Å². The molecular weight excluding hydrogens is 262 g/mol. The SMILES string of the molecule is CC1CCCC(NC(=O)Nc2ncnn2C)(C(=O)O)C1. The molecule has 20 heavy (non-hydrogen) atoms. The molecule has 1 aliphatic rings. The first kappa shape index (κ1) is 14.3. The number of nitrogens with zero attached hydrogens (tertiary/aromatic N) is 3. The molecule has 3 N–H and O–H groups in total. The van der Waals surface area contributed by atoms with Gasteiger partial charge in [-0.15, -0.1) is 0 Å². The van der Waals surface area contributed by atoms with Gasteiger partial charge in [-0.25, -0.2) is 14.3 Å². The fourth-order valence-electron chi connectivity index (χ4n) is 2.67. The van der Waals surface area contributed by atoms with E-state index >= 15 is 0 Å². The van der Waals surface area contributed by atoms with E-state index in [2.05, 4.69) is 20.7 Å². The van der Waals surface area contributed by atoms with E-state index in [0.717, 1.165) is 12.8 Å². The van der Waals surface area contributed by atoms with Crippen molar-refractivity contribution in [2.45, 2.75) is 38.1 Å². The summed E-state index contributed by atoms with van der Waals surface area (Å²) in [4.78, 5) is 27.4. The normalized spacial score (nSPS) is 26.0. The van der Waals surface area contributed by atoms with E-state index in [1.54, 1.807) is 7.05 Å². The zero-order chi connectivity index (χ0) is 14.8. The molecular formula is C12H19N5O3. The van der Waals surface area contributed by atoms with Crippen LogP contribution in [-0.4, -0.2) is 37.4 Å². The Morgan fingerprint density at radius 3 is 2.85 bits per heavy atom. The Bertz CT molecular complexity index is 515. The van der Waals surface area contributed by atoms with Crippen LogP contribution >= 0.6 is 0 Å². The summed E-state index contributed by atoms with van der Waals surface area (Å²) in [5.41, 5.74) is -1.19. The fourth-order valence-corrected chi connectivity index (χ4v) is 2.67. The van der Waals surface area contributed by atoms with E-state index in [1.165, 1.54) is 11.0 Å². The summed E-state index contributed by atoms with van der Waals surface area (Å²) in [7, 11) is 1.64. The quantitative estimate of drug-likeness (QED) is 0.764. The second-order valence-electron chi connectivity index (χ2n) is 5.38. The smallest absolute Gasteiger partial charge is 0.329 e. The third-order valence-electron chi connectivity index (χ3n) is 3.70. The molecule has 2 rings (SSSR count). The van der Waals surface area contributed by atoms with Crippen LogP contribution < -0.4 is 10.6 Å². The van der Waals surface area contributed by atoms with Gasteiger partial charge in [0, 0.05) is 7.05 Å². The van der Waals surface area contributed by atoms with Gasteiger partial charge in [0.05, 0.1) is 0 Å². The number of carbonyl (C=O) groups is 2. The number of hydrogen-bond acceptors (Lipinski definition) is 4. The number of carboxylic acid groups (broad SMARTS) is 1. The number of anilines is 1. The number of carbonyl (C=O) groups excluding carboxylic acids is 1. The van der Waals surface area contributed by atoms with Crippen molar-refractivity contribution >= 4 is 17.9 Å². The van der Waals surface area contributed by atoms with Crippen LogP contribution in [0.25, 0.3) is 0 Å². The zero-order valence-electron chi connectivity index (χ0n) is 11.6. The summed E-state index contributed by atoms with van der Waals surface area (Å²) in [5, 5.41) is 18.4. The fraction of sp³-hybridized carbons (Fsp3) is 0.667. The minimum Gasteiger partial charge on any atom is -0.480 e. The lowest BCUT2D eigenvalue weighted by molar-refractivity contribution is -0.146. The Balaban J connectivity index is 2.07. The summed E-state index contributed by atoms with van der Waals surface area (Å²) in [5.74, 6) is -0.445. The van der Waals surface area contributed by atoms with Crippen molar-refractivity contribution in [3.63, 3.8) is 0 Å². The highest BCUT2D eigenvalue weighted by Crippen LogP contribution is 2.32. The molecule has 1 fully saturated rings. The number of urea groups is 1. The second-order valence-corrected chi connectivity index (χ2v) is 5.38. The molecule has 1 saturated carbocycles. The molecule has 110 valence electrons. The number of aromatic nitrogens is 3. The maximum Gasteiger partial charge on any atom is 0.329 e. The summed E-state index contributed by atoms with van der Waals surface area (Å²) in [6.45, 7) is 2.00. The van der Waals surface area contributed by atoms with Gasteiger partial charge in [0.25, 0.3) is 0 Å². The van der Waals surface area contributed by atoms with E-state index < -0.39 is 17.5 Å². The van der Waals surface area contributed by atoms with Crippen LogP contribution in [-0.2, 0) is 11.8 Å². The summed E-state index contributed by atoms with van der Waals surface area (Å²) >= 11 is 0. The molecule has 1 aromatic rings. The van der Waals surface area contributed by atoms with Crippen LogP contribution in [0.5, 0.6) is 0 Å². The van der Waals surface area contributed by atoms with E-state index in [4.69, 9.17) is 0 Å². The van der Waals surface area contributed by atoms with Gasteiger partial charge in [-0.05, 0) is 18.8 Å². The van der Waals surface area contributed by atoms with Crippen molar-refractivity contribution in [3.05, 3.63) is 6.33 Å². The lowest BCUT2D eigenvalue weighted by atomic mass is 9.76. The molecule has 1 aromatic heterocycles. The number of aryl methyl sites for hydroxylation is 1. The third kappa shape index (κ3) is 2.89. The van der Waals surface area contributed by atoms with Gasteiger partial charge in [-0.3, -0.25) is 5.32 Å². The second kappa shape index (κ2) is 5.48. The zero-order valence-corrected chi connectivity index (χ0v) is 11.6. The Labute approximate surface area is 116 Å². The summed E-state index contributed by atoms with van der Waals surface area (Å²) in [6, 6.07) is -0.572. The van der Waals surface area contributed by atoms with Crippen LogP contribution in [0.3, 0.4) is 0 Å². The van der Waals surface area contributed by atoms with Crippen molar-refractivity contribution in [1.82, 2.24) is 20.1 Å². The number of rotatable bonds is 3. The molecule has 2 atom stereocenters. The predicted octanol–water partition coefficient (Wildman–Crippen LogP) is 0.970. The maximum absolute atomic E-state index is 12.0. The van der Waals surface area contributed by atoms with Crippen LogP contribution in [0.15, 0.2) is 6.33 Å². The molecule has 2 amide bonds. The van der Waals surface area contributed by atoms with Gasteiger partial charge in [0.15, 0.2) is 0 Å². The standard InChI is InChI=1S/C12H19N5O3/c1-8-4-3-5-12(6-8,9(18)19)16-11(20)15-10-13-7-14-17(10)2/h7-8H,3-6H2,1-2H3,(H,18,19)(H2,13,14,15,16,20). The molecule has 1 heterocycles. The molecule has 8 nitrogen and oxygen atoms in total. The first-order valence-corrected chi connectivity index (χ1v) is 6.59. The van der Waals surface area contributed by atoms with E-state index in [-0.39, 0.29) is 11.9 Å². The largest absolute Gasteiger partial charge is 0.480 e. The van der Waals surface area contributed by atoms with Crippen molar-refractivity contribution in [3.8, 4) is 0 Å². The summed E-state index contributed by atoms with van der Waals surface area (Å²) < 4.78 is 1.40. The van der Waals surface area contributed by atoms with Gasteiger partial charge in [-0.1, -0.05) is 19.8 Å². The molecule has 8 heteroatoms. The van der Waals surface area contributed by atoms with Gasteiger partial charge in [-0.2, -0.15) is 10.1 Å². The van der Waals surface area contributed by atoms with Crippen molar-refractivity contribution in [1.29, 1.82) is 0 Å². The van der Waals surface area contributed by atoms with Crippen molar-refractivity contribution in [2.75, 3.05) is 5.32 Å². The Morgan fingerprint density at radius 1 is 1.55 bits per heavy atom. The number of aliphatic carboxylic acids is 1. The van der Waals surface area contributed by atoms with Crippen molar-refractivity contribution in [2.24, 2.45) is 13.0 Å². The van der Waals surface area contributed by atoms with Gasteiger partial charge < -0.3 is 10.4 Å². The molecule has 0 radical (unpaired) electrons. The molecule has 2 unspecified atom stereocenters. The molecule has 1 aliphatic carbocycles. The average molecular weight is 281 g/mol. The number of hydrogen-bond donors (Lipinski definition) is 3. The summed E-state index contributed by atoms with van der Waals surface area (Å²) in [6.07, 6.45) is 3.97. The van der Waals surface area contributed by atoms with E-state index in [0.29, 0.717) is 12.8 Å². The van der Waals surface area contributed by atoms with Crippen molar-refractivity contribution < 1.29 is 14.7 Å². The molecule has 0 bridgehead atoms. The van der Waals surface area contributed by atoms with Crippen LogP contribution in [0, 0.1) is 5.92 Å². The van der Waals surface area contributed by atoms with Crippen LogP contribution in [0.4, 0.5) is 10.7 Å². The molecule has 0 spiro atoms. The number of carboxylic acids is 1. The average Bonchev–Trinajstić information content (AvgIpc) is 2.74. The Hall–Kier alpha value is -2.12. The topological polar surface area (TPSA) is 109 Å². The monoisotopic (exact) mass is 281 g/mol. The first-order chi connectivity index (χ1) is 9.43. The van der Waals surface area contributed by atoms with Gasteiger partial charge in [0.1, 0.15) is 11.9 Å². The van der Waals surface area contributed by atoms with Crippen LogP contribution in [0.2, 0.25) is 0 Å². The highest BCUT2D eigenvalue weighted by molar-refractivity contribution is 5.92. The highest BCUT2D eigenvalue weighted by Gasteiger charge is 2.43. The molecule has 0 saturated heterocycles. The highest BCUT2D eigenvalue weighted by atomic mass is 16.4. The number of nitrogens with one attached hydrogen (secondary N) is 2. The third-order valence-corrected chi connectivity index (χ3v) is 3.70. The molecule has 0 aromatic carbocycles. The number of amides is 2. The van der Waals surface area contributed by atoms with E-state index in [9.17, 15) is 14.7 Å². The first-order valence-electron chi connectivity index (χ1n) is 6.59. The van der Waals surface area contributed by atoms with Crippen LogP contribution in [0.1, 0.15) is 32.6 Å². The predicted molar refractivity (Wildman–Crippen MR) is 71.2 cm³/mol. The Kier molecular flexibility index (Phi) is 3.91. The van der Waals surface area contributed by atoms with Gasteiger partial charge >= 0.3 is 12.0 Å². The lowest BCUT2D eigenvalue weighted by Gasteiger charge is -2.36. The maximum atomic E-state index is 12.0. The Morgan fingerprint density at radius 2 is 2.30 bits per heavy atom. The minimum absolute atomic E-state index is 0.270. The molecule has 0 aliphatic heterocycles. The lowest BCUT2D eigenvalue weighted by Crippen LogP contribution is -2.57. The van der Waals surface area contributed by atoms with Gasteiger partial charge in [0.2, 0.25) is 5.95 Å².